The van der Waals surface area contributed by atoms with Crippen LogP contribution in [-0.4, -0.2) is 21.1 Å². The fraction of sp³-hybridized carbons (Fsp3) is 0.286. The van der Waals surface area contributed by atoms with Crippen molar-refractivity contribution in [3.05, 3.63) is 40.2 Å². The zero-order chi connectivity index (χ0) is 13.8. The van der Waals surface area contributed by atoms with E-state index in [1.165, 1.54) is 0 Å². The fourth-order valence-corrected chi connectivity index (χ4v) is 2.12. The van der Waals surface area contributed by atoms with Gasteiger partial charge in [0, 0.05) is 11.9 Å². The van der Waals surface area contributed by atoms with Gasteiger partial charge in [-0.25, -0.2) is 0 Å². The molecule has 0 aliphatic carbocycles. The summed E-state index contributed by atoms with van der Waals surface area (Å²) in [6.45, 7) is 2.62. The average Bonchev–Trinajstić information content (AvgIpc) is 2.43. The van der Waals surface area contributed by atoms with Gasteiger partial charge in [-0.3, -0.25) is 4.79 Å². The fourth-order valence-electron chi connectivity index (χ4n) is 2.12. The lowest BCUT2D eigenvalue weighted by molar-refractivity contribution is 0.321. The molecule has 0 saturated carbocycles. The maximum atomic E-state index is 12.3. The Hall–Kier alpha value is -2.30. The Morgan fingerprint density at radius 1 is 1.37 bits per heavy atom. The molecular weight excluding hydrogens is 244 g/mol. The minimum atomic E-state index is -0.345. The van der Waals surface area contributed by atoms with Crippen LogP contribution in [0.1, 0.15) is 25.3 Å². The highest BCUT2D eigenvalue weighted by Gasteiger charge is 2.14. The SMILES string of the molecule is CCCCn1c(=O)c(/C=N\O)c(O)c2ccccc21. The molecule has 0 radical (unpaired) electrons. The summed E-state index contributed by atoms with van der Waals surface area (Å²) in [4.78, 5) is 12.3. The number of aryl methyl sites for hydroxylation is 1. The van der Waals surface area contributed by atoms with E-state index in [1.54, 1.807) is 22.8 Å². The van der Waals surface area contributed by atoms with E-state index in [9.17, 15) is 9.90 Å². The quantitative estimate of drug-likeness (QED) is 0.503. The third-order valence-electron chi connectivity index (χ3n) is 3.10. The normalized spacial score (nSPS) is 11.4. The summed E-state index contributed by atoms with van der Waals surface area (Å²) in [7, 11) is 0. The van der Waals surface area contributed by atoms with Crippen LogP contribution in [0.4, 0.5) is 0 Å². The standard InChI is InChI=1S/C14H16N2O3/c1-2-3-8-16-12-7-5-4-6-10(12)13(17)11(9-15-19)14(16)18/h4-7,9,17,19H,2-3,8H2,1H3/b15-9-. The molecule has 0 atom stereocenters. The molecule has 2 rings (SSSR count). The van der Waals surface area contributed by atoms with Gasteiger partial charge < -0.3 is 14.9 Å². The molecule has 1 heterocycles. The maximum Gasteiger partial charge on any atom is 0.263 e. The van der Waals surface area contributed by atoms with E-state index in [0.717, 1.165) is 19.1 Å². The van der Waals surface area contributed by atoms with Crippen molar-refractivity contribution in [2.24, 2.45) is 5.16 Å². The van der Waals surface area contributed by atoms with Crippen molar-refractivity contribution in [3.63, 3.8) is 0 Å². The van der Waals surface area contributed by atoms with Crippen molar-refractivity contribution in [3.8, 4) is 5.75 Å². The number of aromatic nitrogens is 1. The average molecular weight is 260 g/mol. The number of pyridine rings is 1. The van der Waals surface area contributed by atoms with Crippen LogP contribution in [0.2, 0.25) is 0 Å². The van der Waals surface area contributed by atoms with Crippen molar-refractivity contribution in [2.45, 2.75) is 26.3 Å². The minimum Gasteiger partial charge on any atom is -0.506 e. The van der Waals surface area contributed by atoms with Gasteiger partial charge >= 0.3 is 0 Å². The van der Waals surface area contributed by atoms with Gasteiger partial charge in [-0.1, -0.05) is 30.6 Å². The number of aromatic hydroxyl groups is 1. The molecular formula is C14H16N2O3. The van der Waals surface area contributed by atoms with E-state index in [0.29, 0.717) is 17.4 Å². The molecule has 5 heteroatoms. The first kappa shape index (κ1) is 13.1. The Labute approximate surface area is 110 Å². The van der Waals surface area contributed by atoms with Crippen molar-refractivity contribution < 1.29 is 10.3 Å². The number of benzene rings is 1. The Kier molecular flexibility index (Phi) is 3.85. The summed E-state index contributed by atoms with van der Waals surface area (Å²) in [5, 5.41) is 22.1. The summed E-state index contributed by atoms with van der Waals surface area (Å²) in [6, 6.07) is 7.15. The number of hydrogen-bond acceptors (Lipinski definition) is 4. The number of fused-ring (bicyclic) bond motifs is 1. The van der Waals surface area contributed by atoms with Gasteiger partial charge in [0.15, 0.2) is 0 Å². The summed E-state index contributed by atoms with van der Waals surface area (Å²) in [5.41, 5.74) is 0.355. The molecule has 5 nitrogen and oxygen atoms in total. The van der Waals surface area contributed by atoms with Gasteiger partial charge in [-0.15, -0.1) is 0 Å². The van der Waals surface area contributed by atoms with Crippen LogP contribution in [0, 0.1) is 0 Å². The second-order valence-corrected chi connectivity index (χ2v) is 4.33. The highest BCUT2D eigenvalue weighted by molar-refractivity contribution is 5.94. The lowest BCUT2D eigenvalue weighted by Crippen LogP contribution is -2.24. The molecule has 0 aliphatic heterocycles. The molecule has 1 aromatic heterocycles. The maximum absolute atomic E-state index is 12.3. The molecule has 0 bridgehead atoms. The first-order valence-corrected chi connectivity index (χ1v) is 6.22. The highest BCUT2D eigenvalue weighted by atomic mass is 16.4. The molecule has 1 aromatic carbocycles. The molecule has 0 unspecified atom stereocenters. The van der Waals surface area contributed by atoms with Gasteiger partial charge in [0.1, 0.15) is 11.3 Å². The second-order valence-electron chi connectivity index (χ2n) is 4.33. The zero-order valence-corrected chi connectivity index (χ0v) is 10.7. The molecule has 2 aromatic rings. The zero-order valence-electron chi connectivity index (χ0n) is 10.7. The number of rotatable bonds is 4. The summed E-state index contributed by atoms with van der Waals surface area (Å²) >= 11 is 0. The monoisotopic (exact) mass is 260 g/mol. The molecule has 0 fully saturated rings. The van der Waals surface area contributed by atoms with E-state index in [-0.39, 0.29) is 16.9 Å². The third-order valence-corrected chi connectivity index (χ3v) is 3.10. The third kappa shape index (κ3) is 2.31. The van der Waals surface area contributed by atoms with Gasteiger partial charge in [0.2, 0.25) is 0 Å². The minimum absolute atomic E-state index is 0.0114. The lowest BCUT2D eigenvalue weighted by atomic mass is 10.1. The molecule has 19 heavy (non-hydrogen) atoms. The Bertz CT molecular complexity index is 674. The molecule has 2 N–H and O–H groups in total. The van der Waals surface area contributed by atoms with Gasteiger partial charge in [0.05, 0.1) is 11.7 Å². The Morgan fingerprint density at radius 2 is 2.11 bits per heavy atom. The van der Waals surface area contributed by atoms with E-state index >= 15 is 0 Å². The first-order chi connectivity index (χ1) is 9.20. The number of para-hydroxylation sites is 1. The smallest absolute Gasteiger partial charge is 0.263 e. The lowest BCUT2D eigenvalue weighted by Gasteiger charge is -2.12. The summed E-state index contributed by atoms with van der Waals surface area (Å²) in [5.74, 6) is -0.147. The van der Waals surface area contributed by atoms with Crippen LogP contribution in [0.25, 0.3) is 10.9 Å². The van der Waals surface area contributed by atoms with E-state index < -0.39 is 0 Å². The van der Waals surface area contributed by atoms with Crippen molar-refractivity contribution >= 4 is 17.1 Å². The Balaban J connectivity index is 2.80. The van der Waals surface area contributed by atoms with Crippen molar-refractivity contribution in [1.29, 1.82) is 0 Å². The van der Waals surface area contributed by atoms with E-state index in [4.69, 9.17) is 5.21 Å². The van der Waals surface area contributed by atoms with E-state index in [1.807, 2.05) is 13.0 Å². The molecule has 0 saturated heterocycles. The molecule has 0 spiro atoms. The number of oxime groups is 1. The van der Waals surface area contributed by atoms with Crippen LogP contribution in [-0.2, 0) is 6.54 Å². The second kappa shape index (κ2) is 5.56. The van der Waals surface area contributed by atoms with Crippen LogP contribution in [0.5, 0.6) is 5.75 Å². The van der Waals surface area contributed by atoms with Crippen LogP contribution in [0.15, 0.2) is 34.2 Å². The largest absolute Gasteiger partial charge is 0.506 e. The predicted molar refractivity (Wildman–Crippen MR) is 74.2 cm³/mol. The van der Waals surface area contributed by atoms with E-state index in [2.05, 4.69) is 5.16 Å². The molecule has 100 valence electrons. The van der Waals surface area contributed by atoms with Gasteiger partial charge in [0.25, 0.3) is 5.56 Å². The van der Waals surface area contributed by atoms with Crippen LogP contribution < -0.4 is 5.56 Å². The summed E-state index contributed by atoms with van der Waals surface area (Å²) in [6.07, 6.45) is 2.81. The van der Waals surface area contributed by atoms with Crippen molar-refractivity contribution in [2.75, 3.05) is 0 Å². The molecule has 0 aliphatic rings. The van der Waals surface area contributed by atoms with Crippen LogP contribution >= 0.6 is 0 Å². The first-order valence-electron chi connectivity index (χ1n) is 6.22. The highest BCUT2D eigenvalue weighted by Crippen LogP contribution is 2.25. The number of unbranched alkanes of at least 4 members (excludes halogenated alkanes) is 1. The topological polar surface area (TPSA) is 74.8 Å². The Morgan fingerprint density at radius 3 is 2.79 bits per heavy atom. The van der Waals surface area contributed by atoms with Gasteiger partial charge in [-0.05, 0) is 18.6 Å². The number of nitrogens with zero attached hydrogens (tertiary/aromatic N) is 2. The van der Waals surface area contributed by atoms with Crippen LogP contribution in [0.3, 0.4) is 0 Å². The predicted octanol–water partition coefficient (Wildman–Crippen LogP) is 2.32. The number of hydrogen-bond donors (Lipinski definition) is 2. The molecule has 0 amide bonds. The van der Waals surface area contributed by atoms with Crippen molar-refractivity contribution in [1.82, 2.24) is 4.57 Å². The van der Waals surface area contributed by atoms with Gasteiger partial charge in [-0.2, -0.15) is 0 Å². The summed E-state index contributed by atoms with van der Waals surface area (Å²) < 4.78 is 1.61.